The number of esters is 1. The van der Waals surface area contributed by atoms with E-state index >= 15 is 0 Å². The Labute approximate surface area is 114 Å². The molecule has 0 atom stereocenters. The number of ether oxygens (including phenoxy) is 1. The highest BCUT2D eigenvalue weighted by atomic mass is 35.5. The van der Waals surface area contributed by atoms with Gasteiger partial charge in [-0.05, 0) is 42.0 Å². The molecule has 0 unspecified atom stereocenters. The van der Waals surface area contributed by atoms with Crippen LogP contribution in [0.25, 0.3) is 10.8 Å². The lowest BCUT2D eigenvalue weighted by molar-refractivity contribution is 0.0523. The van der Waals surface area contributed by atoms with E-state index in [9.17, 15) is 9.90 Å². The van der Waals surface area contributed by atoms with Gasteiger partial charge in [-0.2, -0.15) is 0 Å². The summed E-state index contributed by atoms with van der Waals surface area (Å²) in [6, 6.07) is 6.27. The van der Waals surface area contributed by atoms with Crippen molar-refractivity contribution in [1.29, 1.82) is 0 Å². The summed E-state index contributed by atoms with van der Waals surface area (Å²) in [4.78, 5) is 11.6. The van der Waals surface area contributed by atoms with E-state index in [0.29, 0.717) is 20.8 Å². The Morgan fingerprint density at radius 3 is 2.28 bits per heavy atom. The van der Waals surface area contributed by atoms with Crippen molar-refractivity contribution in [3.63, 3.8) is 0 Å². The first kappa shape index (κ1) is 13.0. The molecule has 5 heteroatoms. The zero-order valence-electron chi connectivity index (χ0n) is 9.54. The second-order valence-corrected chi connectivity index (χ2v) is 4.52. The number of rotatable bonds is 2. The van der Waals surface area contributed by atoms with Crippen LogP contribution in [0.15, 0.2) is 24.3 Å². The van der Waals surface area contributed by atoms with Gasteiger partial charge in [0.2, 0.25) is 0 Å². The molecule has 0 aromatic heterocycles. The quantitative estimate of drug-likeness (QED) is 0.847. The number of hydrogen-bond donors (Lipinski definition) is 1. The first-order valence-electron chi connectivity index (χ1n) is 5.32. The van der Waals surface area contributed by atoms with Crippen LogP contribution in [0.5, 0.6) is 5.75 Å². The van der Waals surface area contributed by atoms with Crippen LogP contribution in [-0.2, 0) is 4.74 Å². The fourth-order valence-corrected chi connectivity index (χ4v) is 2.00. The highest BCUT2D eigenvalue weighted by Gasteiger charge is 2.14. The standard InChI is InChI=1S/C13H10Cl2O3/c1-2-18-13(17)9-3-7-4-10(14)11(15)5-8(7)6-12(9)16/h3-6,16H,2H2,1H3. The van der Waals surface area contributed by atoms with E-state index in [1.54, 1.807) is 19.1 Å². The lowest BCUT2D eigenvalue weighted by Crippen LogP contribution is -2.04. The van der Waals surface area contributed by atoms with E-state index in [4.69, 9.17) is 27.9 Å². The van der Waals surface area contributed by atoms with Crippen LogP contribution in [0.4, 0.5) is 0 Å². The number of phenols is 1. The fourth-order valence-electron chi connectivity index (χ4n) is 1.65. The molecule has 94 valence electrons. The van der Waals surface area contributed by atoms with Gasteiger partial charge in [0, 0.05) is 0 Å². The van der Waals surface area contributed by atoms with Crippen LogP contribution >= 0.6 is 23.2 Å². The number of benzene rings is 2. The zero-order valence-corrected chi connectivity index (χ0v) is 11.0. The van der Waals surface area contributed by atoms with Crippen molar-refractivity contribution in [3.05, 3.63) is 39.9 Å². The Kier molecular flexibility index (Phi) is 3.64. The molecule has 0 amide bonds. The Hall–Kier alpha value is -1.45. The van der Waals surface area contributed by atoms with E-state index in [0.717, 1.165) is 0 Å². The van der Waals surface area contributed by atoms with Crippen LogP contribution in [0.1, 0.15) is 17.3 Å². The van der Waals surface area contributed by atoms with Gasteiger partial charge in [0.15, 0.2) is 0 Å². The number of hydrogen-bond acceptors (Lipinski definition) is 3. The van der Waals surface area contributed by atoms with Gasteiger partial charge in [0.25, 0.3) is 0 Å². The minimum absolute atomic E-state index is 0.114. The van der Waals surface area contributed by atoms with Crippen molar-refractivity contribution < 1.29 is 14.6 Å². The summed E-state index contributed by atoms with van der Waals surface area (Å²) in [6.45, 7) is 1.95. The number of phenolic OH excluding ortho intramolecular Hbond substituents is 1. The van der Waals surface area contributed by atoms with Crippen LogP contribution < -0.4 is 0 Å². The molecule has 2 aromatic rings. The molecule has 0 fully saturated rings. The molecule has 2 aromatic carbocycles. The molecule has 0 bridgehead atoms. The summed E-state index contributed by atoms with van der Waals surface area (Å²) in [5.74, 6) is -0.706. The highest BCUT2D eigenvalue weighted by Crippen LogP contribution is 2.32. The molecular formula is C13H10Cl2O3. The second-order valence-electron chi connectivity index (χ2n) is 3.70. The molecule has 3 nitrogen and oxygen atoms in total. The Balaban J connectivity index is 2.61. The summed E-state index contributed by atoms with van der Waals surface area (Å²) in [5, 5.41) is 12.0. The number of halogens is 2. The predicted octanol–water partition coefficient (Wildman–Crippen LogP) is 4.03. The van der Waals surface area contributed by atoms with Crippen molar-refractivity contribution >= 4 is 39.9 Å². The molecular weight excluding hydrogens is 275 g/mol. The van der Waals surface area contributed by atoms with E-state index in [2.05, 4.69) is 0 Å². The first-order chi connectivity index (χ1) is 8.52. The molecule has 0 radical (unpaired) electrons. The van der Waals surface area contributed by atoms with Gasteiger partial charge in [-0.1, -0.05) is 23.2 Å². The van der Waals surface area contributed by atoms with Gasteiger partial charge in [-0.25, -0.2) is 4.79 Å². The molecule has 18 heavy (non-hydrogen) atoms. The third-order valence-corrected chi connectivity index (χ3v) is 3.21. The van der Waals surface area contributed by atoms with Crippen LogP contribution in [0.3, 0.4) is 0 Å². The number of fused-ring (bicyclic) bond motifs is 1. The van der Waals surface area contributed by atoms with Gasteiger partial charge in [0.1, 0.15) is 11.3 Å². The summed E-state index contributed by atoms with van der Waals surface area (Å²) in [6.07, 6.45) is 0. The van der Waals surface area contributed by atoms with E-state index in [1.165, 1.54) is 12.1 Å². The van der Waals surface area contributed by atoms with E-state index in [-0.39, 0.29) is 17.9 Å². The Morgan fingerprint density at radius 1 is 1.17 bits per heavy atom. The SMILES string of the molecule is CCOC(=O)c1cc2cc(Cl)c(Cl)cc2cc1O. The number of aromatic hydroxyl groups is 1. The molecule has 1 N–H and O–H groups in total. The van der Waals surface area contributed by atoms with Crippen LogP contribution in [-0.4, -0.2) is 17.7 Å². The van der Waals surface area contributed by atoms with Crippen molar-refractivity contribution in [1.82, 2.24) is 0 Å². The fraction of sp³-hybridized carbons (Fsp3) is 0.154. The maximum atomic E-state index is 11.6. The lowest BCUT2D eigenvalue weighted by Gasteiger charge is -2.07. The summed E-state index contributed by atoms with van der Waals surface area (Å²) in [7, 11) is 0. The molecule has 0 saturated carbocycles. The van der Waals surface area contributed by atoms with Crippen LogP contribution in [0.2, 0.25) is 10.0 Å². The van der Waals surface area contributed by atoms with Gasteiger partial charge >= 0.3 is 5.97 Å². The average Bonchev–Trinajstić information content (AvgIpc) is 2.31. The Morgan fingerprint density at radius 2 is 1.72 bits per heavy atom. The summed E-state index contributed by atoms with van der Waals surface area (Å²) in [5.41, 5.74) is 0.114. The van der Waals surface area contributed by atoms with Crippen molar-refractivity contribution in [2.24, 2.45) is 0 Å². The summed E-state index contributed by atoms with van der Waals surface area (Å²) >= 11 is 11.8. The molecule has 2 rings (SSSR count). The van der Waals surface area contributed by atoms with Gasteiger partial charge in [-0.3, -0.25) is 0 Å². The second kappa shape index (κ2) is 5.04. The van der Waals surface area contributed by atoms with Gasteiger partial charge in [-0.15, -0.1) is 0 Å². The molecule has 0 saturated heterocycles. The molecule has 0 aliphatic rings. The normalized spacial score (nSPS) is 10.6. The van der Waals surface area contributed by atoms with Crippen molar-refractivity contribution in [3.8, 4) is 5.75 Å². The minimum atomic E-state index is -0.567. The van der Waals surface area contributed by atoms with Gasteiger partial charge in [0.05, 0.1) is 16.7 Å². The Bertz CT molecular complexity index is 623. The lowest BCUT2D eigenvalue weighted by atomic mass is 10.1. The van der Waals surface area contributed by atoms with Crippen molar-refractivity contribution in [2.75, 3.05) is 6.61 Å². The number of carbonyl (C=O) groups excluding carboxylic acids is 1. The predicted molar refractivity (Wildman–Crippen MR) is 71.6 cm³/mol. The smallest absolute Gasteiger partial charge is 0.341 e. The highest BCUT2D eigenvalue weighted by molar-refractivity contribution is 6.42. The maximum Gasteiger partial charge on any atom is 0.341 e. The molecule has 0 aliphatic carbocycles. The third kappa shape index (κ3) is 2.37. The zero-order chi connectivity index (χ0) is 13.3. The molecule has 0 heterocycles. The average molecular weight is 285 g/mol. The largest absolute Gasteiger partial charge is 0.507 e. The van der Waals surface area contributed by atoms with E-state index < -0.39 is 5.97 Å². The first-order valence-corrected chi connectivity index (χ1v) is 6.07. The topological polar surface area (TPSA) is 46.5 Å². The third-order valence-electron chi connectivity index (χ3n) is 2.49. The maximum absolute atomic E-state index is 11.6. The van der Waals surface area contributed by atoms with Crippen molar-refractivity contribution in [2.45, 2.75) is 6.92 Å². The molecule has 0 aliphatic heterocycles. The minimum Gasteiger partial charge on any atom is -0.507 e. The number of carbonyl (C=O) groups is 1. The van der Waals surface area contributed by atoms with Crippen LogP contribution in [0, 0.1) is 0 Å². The summed E-state index contributed by atoms with van der Waals surface area (Å²) < 4.78 is 4.85. The van der Waals surface area contributed by atoms with Gasteiger partial charge < -0.3 is 9.84 Å². The molecule has 0 spiro atoms. The monoisotopic (exact) mass is 284 g/mol. The van der Waals surface area contributed by atoms with E-state index in [1.807, 2.05) is 0 Å².